The highest BCUT2D eigenvalue weighted by atomic mass is 32.2. The van der Waals surface area contributed by atoms with E-state index in [0.717, 1.165) is 39.6 Å². The summed E-state index contributed by atoms with van der Waals surface area (Å²) in [7, 11) is -1.30. The van der Waals surface area contributed by atoms with Gasteiger partial charge in [-0.3, -0.25) is 9.10 Å². The molecule has 1 heterocycles. The summed E-state index contributed by atoms with van der Waals surface area (Å²) in [5, 5.41) is 3.14. The van der Waals surface area contributed by atoms with Crippen LogP contribution in [0.2, 0.25) is 0 Å². The topological polar surface area (TPSA) is 102 Å². The number of nitrogens with zero attached hydrogens (tertiary/aromatic N) is 1. The number of thiophene rings is 1. The fraction of sp³-hybridized carbons (Fsp3) is 0.280. The number of amides is 1. The number of nitrogens with one attached hydrogen (secondary N) is 1. The molecule has 35 heavy (non-hydrogen) atoms. The van der Waals surface area contributed by atoms with Crippen LogP contribution in [0.15, 0.2) is 53.4 Å². The molecular formula is C25H26N2O6S2. The Balaban J connectivity index is 1.68. The van der Waals surface area contributed by atoms with E-state index < -0.39 is 28.4 Å². The van der Waals surface area contributed by atoms with E-state index in [9.17, 15) is 18.0 Å². The van der Waals surface area contributed by atoms with E-state index >= 15 is 0 Å². The van der Waals surface area contributed by atoms with Crippen LogP contribution in [0.4, 0.5) is 10.7 Å². The second kappa shape index (κ2) is 10.1. The van der Waals surface area contributed by atoms with Crippen LogP contribution in [0.3, 0.4) is 0 Å². The van der Waals surface area contributed by atoms with Gasteiger partial charge in [0.1, 0.15) is 17.3 Å². The van der Waals surface area contributed by atoms with Crippen molar-refractivity contribution in [1.29, 1.82) is 0 Å². The number of esters is 1. The summed E-state index contributed by atoms with van der Waals surface area (Å²) in [6.07, 6.45) is 2.51. The maximum atomic E-state index is 13.6. The van der Waals surface area contributed by atoms with Gasteiger partial charge >= 0.3 is 5.97 Å². The number of sulfonamides is 1. The van der Waals surface area contributed by atoms with Gasteiger partial charge in [-0.15, -0.1) is 11.3 Å². The SMILES string of the molecule is COC(=O)c1c(NC(=O)CN(c2cccc(OC)c2)S(=O)(=O)c2ccc(C)cc2)sc2c1CCC2. The van der Waals surface area contributed by atoms with Crippen molar-refractivity contribution < 1.29 is 27.5 Å². The molecule has 0 atom stereocenters. The van der Waals surface area contributed by atoms with Gasteiger partial charge in [-0.05, 0) is 56.0 Å². The van der Waals surface area contributed by atoms with Gasteiger partial charge in [0.2, 0.25) is 5.91 Å². The first-order valence-electron chi connectivity index (χ1n) is 11.0. The fourth-order valence-electron chi connectivity index (χ4n) is 4.03. The van der Waals surface area contributed by atoms with E-state index in [4.69, 9.17) is 9.47 Å². The first-order valence-corrected chi connectivity index (χ1v) is 13.3. The lowest BCUT2D eigenvalue weighted by Crippen LogP contribution is -2.38. The zero-order chi connectivity index (χ0) is 25.2. The maximum Gasteiger partial charge on any atom is 0.341 e. The molecule has 0 saturated heterocycles. The number of carbonyl (C=O) groups is 2. The van der Waals surface area contributed by atoms with Crippen molar-refractivity contribution >= 4 is 43.9 Å². The molecule has 0 aliphatic heterocycles. The van der Waals surface area contributed by atoms with Gasteiger partial charge in [-0.25, -0.2) is 13.2 Å². The largest absolute Gasteiger partial charge is 0.497 e. The van der Waals surface area contributed by atoms with Crippen LogP contribution in [0.5, 0.6) is 5.75 Å². The summed E-state index contributed by atoms with van der Waals surface area (Å²) in [6, 6.07) is 12.9. The molecule has 1 amide bonds. The van der Waals surface area contributed by atoms with Crippen LogP contribution in [-0.4, -0.2) is 41.1 Å². The van der Waals surface area contributed by atoms with E-state index in [1.54, 1.807) is 36.4 Å². The summed E-state index contributed by atoms with van der Waals surface area (Å²) < 4.78 is 38.4. The molecule has 0 fully saturated rings. The molecule has 0 spiro atoms. The third kappa shape index (κ3) is 5.03. The number of aryl methyl sites for hydroxylation is 2. The molecule has 0 radical (unpaired) electrons. The molecule has 1 aromatic heterocycles. The second-order valence-electron chi connectivity index (χ2n) is 8.13. The lowest BCUT2D eigenvalue weighted by molar-refractivity contribution is -0.114. The van der Waals surface area contributed by atoms with Crippen LogP contribution in [0.25, 0.3) is 0 Å². The van der Waals surface area contributed by atoms with Gasteiger partial charge in [-0.2, -0.15) is 0 Å². The Hall–Kier alpha value is -3.37. The molecule has 0 bridgehead atoms. The molecule has 4 rings (SSSR count). The minimum absolute atomic E-state index is 0.0593. The maximum absolute atomic E-state index is 13.6. The molecule has 8 nitrogen and oxygen atoms in total. The molecule has 0 saturated carbocycles. The van der Waals surface area contributed by atoms with Crippen molar-refractivity contribution in [3.63, 3.8) is 0 Å². The van der Waals surface area contributed by atoms with Crippen molar-refractivity contribution in [2.24, 2.45) is 0 Å². The third-order valence-corrected chi connectivity index (χ3v) is 8.80. The summed E-state index contributed by atoms with van der Waals surface area (Å²) in [5.41, 5.74) is 2.44. The second-order valence-corrected chi connectivity index (χ2v) is 11.1. The highest BCUT2D eigenvalue weighted by Gasteiger charge is 2.31. The number of benzene rings is 2. The first-order chi connectivity index (χ1) is 16.7. The highest BCUT2D eigenvalue weighted by Crippen LogP contribution is 2.39. The highest BCUT2D eigenvalue weighted by molar-refractivity contribution is 7.92. The van der Waals surface area contributed by atoms with Crippen LogP contribution in [0.1, 0.15) is 32.8 Å². The Labute approximate surface area is 208 Å². The van der Waals surface area contributed by atoms with Gasteiger partial charge < -0.3 is 14.8 Å². The average Bonchev–Trinajstić information content (AvgIpc) is 3.43. The standard InChI is InChI=1S/C25H26N2O6S2/c1-16-10-12-19(13-11-16)35(30,31)27(17-6-4-7-18(14-17)32-2)15-22(28)26-24-23(25(29)33-3)20-8-5-9-21(20)34-24/h4,6-7,10-14H,5,8-9,15H2,1-3H3,(H,26,28). The molecular weight excluding hydrogens is 488 g/mol. The van der Waals surface area contributed by atoms with Crippen molar-refractivity contribution in [1.82, 2.24) is 0 Å². The van der Waals surface area contributed by atoms with E-state index in [-0.39, 0.29) is 10.6 Å². The van der Waals surface area contributed by atoms with Crippen molar-refractivity contribution in [2.75, 3.05) is 30.4 Å². The van der Waals surface area contributed by atoms with E-state index in [0.29, 0.717) is 16.3 Å². The van der Waals surface area contributed by atoms with Crippen molar-refractivity contribution in [2.45, 2.75) is 31.1 Å². The average molecular weight is 515 g/mol. The summed E-state index contributed by atoms with van der Waals surface area (Å²) in [4.78, 5) is 26.7. The summed E-state index contributed by atoms with van der Waals surface area (Å²) in [5.74, 6) is -0.639. The van der Waals surface area contributed by atoms with Crippen LogP contribution < -0.4 is 14.4 Å². The summed E-state index contributed by atoms with van der Waals surface area (Å²) in [6.45, 7) is 1.37. The molecule has 10 heteroatoms. The molecule has 184 valence electrons. The third-order valence-electron chi connectivity index (χ3n) is 5.80. The molecule has 1 aliphatic carbocycles. The van der Waals surface area contributed by atoms with Crippen LogP contribution in [-0.2, 0) is 32.4 Å². The molecule has 1 N–H and O–H groups in total. The molecule has 0 unspecified atom stereocenters. The molecule has 2 aromatic carbocycles. The normalized spacial score (nSPS) is 12.7. The minimum atomic E-state index is -4.08. The van der Waals surface area contributed by atoms with E-state index in [1.165, 1.54) is 37.7 Å². The Kier molecular flexibility index (Phi) is 7.13. The monoisotopic (exact) mass is 514 g/mol. The quantitative estimate of drug-likeness (QED) is 0.453. The van der Waals surface area contributed by atoms with Gasteiger partial charge in [-0.1, -0.05) is 23.8 Å². The van der Waals surface area contributed by atoms with Gasteiger partial charge in [0.05, 0.1) is 30.4 Å². The van der Waals surface area contributed by atoms with Crippen molar-refractivity contribution in [3.8, 4) is 5.75 Å². The smallest absolute Gasteiger partial charge is 0.341 e. The number of ether oxygens (including phenoxy) is 2. The molecule has 1 aliphatic rings. The number of rotatable bonds is 8. The number of carbonyl (C=O) groups excluding carboxylic acids is 2. The Morgan fingerprint density at radius 2 is 1.83 bits per heavy atom. The number of anilines is 2. The van der Waals surface area contributed by atoms with E-state index in [1.807, 2.05) is 6.92 Å². The van der Waals surface area contributed by atoms with E-state index in [2.05, 4.69) is 5.32 Å². The number of hydrogen-bond acceptors (Lipinski definition) is 7. The zero-order valence-electron chi connectivity index (χ0n) is 19.7. The van der Waals surface area contributed by atoms with Gasteiger partial charge in [0, 0.05) is 10.9 Å². The Morgan fingerprint density at radius 1 is 1.09 bits per heavy atom. The Bertz CT molecular complexity index is 1360. The number of fused-ring (bicyclic) bond motifs is 1. The zero-order valence-corrected chi connectivity index (χ0v) is 21.3. The predicted octanol–water partition coefficient (Wildman–Crippen LogP) is 4.17. The minimum Gasteiger partial charge on any atom is -0.497 e. The Morgan fingerprint density at radius 3 is 2.51 bits per heavy atom. The molecule has 3 aromatic rings. The van der Waals surface area contributed by atoms with Gasteiger partial charge in [0.25, 0.3) is 10.0 Å². The summed E-state index contributed by atoms with van der Waals surface area (Å²) >= 11 is 1.33. The number of methoxy groups -OCH3 is 2. The lowest BCUT2D eigenvalue weighted by Gasteiger charge is -2.24. The number of hydrogen-bond donors (Lipinski definition) is 1. The fourth-order valence-corrected chi connectivity index (χ4v) is 6.73. The first kappa shape index (κ1) is 24.7. The van der Waals surface area contributed by atoms with Gasteiger partial charge in [0.15, 0.2) is 0 Å². The lowest BCUT2D eigenvalue weighted by atomic mass is 10.1. The van der Waals surface area contributed by atoms with Crippen LogP contribution >= 0.6 is 11.3 Å². The van der Waals surface area contributed by atoms with Crippen molar-refractivity contribution in [3.05, 3.63) is 70.1 Å². The predicted molar refractivity (Wildman–Crippen MR) is 135 cm³/mol. The van der Waals surface area contributed by atoms with Crippen LogP contribution in [0, 0.1) is 6.92 Å².